The average Bonchev–Trinajstić information content (AvgIpc) is 3.09. The molecule has 7 heteroatoms. The zero-order chi connectivity index (χ0) is 21.7. The lowest BCUT2D eigenvalue weighted by atomic mass is 10.1. The van der Waals surface area contributed by atoms with Gasteiger partial charge in [0.2, 0.25) is 5.91 Å². The number of carbonyl (C=O) groups excluding carboxylic acids is 1. The van der Waals surface area contributed by atoms with Crippen molar-refractivity contribution in [1.29, 1.82) is 0 Å². The highest BCUT2D eigenvalue weighted by atomic mass is 16.5. The molecular weight excluding hydrogens is 382 g/mol. The third kappa shape index (κ3) is 4.46. The minimum absolute atomic E-state index is 0.277. The highest BCUT2D eigenvalue weighted by molar-refractivity contribution is 6.03. The van der Waals surface area contributed by atoms with Gasteiger partial charge in [-0.3, -0.25) is 4.79 Å². The minimum Gasteiger partial charge on any atom is -0.496 e. The maximum atomic E-state index is 12.6. The van der Waals surface area contributed by atoms with E-state index in [-0.39, 0.29) is 5.91 Å². The molecule has 0 atom stereocenters. The summed E-state index contributed by atoms with van der Waals surface area (Å²) < 4.78 is 17.8. The Morgan fingerprint density at radius 2 is 1.63 bits per heavy atom. The summed E-state index contributed by atoms with van der Waals surface area (Å²) in [5.41, 5.74) is 4.05. The molecular formula is C23H25N3O4. The van der Waals surface area contributed by atoms with E-state index < -0.39 is 0 Å². The number of carbonyl (C=O) groups is 1. The SMILES string of the molecule is COc1cc(OC)c(OC)cc1/C=C/C(=O)Nc1ccccc1-n1nc(C)cc1C. The van der Waals surface area contributed by atoms with Crippen molar-refractivity contribution in [2.45, 2.75) is 13.8 Å². The summed E-state index contributed by atoms with van der Waals surface area (Å²) in [5.74, 6) is 1.39. The Morgan fingerprint density at radius 3 is 2.27 bits per heavy atom. The average molecular weight is 407 g/mol. The number of anilines is 1. The Labute approximate surface area is 175 Å². The van der Waals surface area contributed by atoms with Crippen LogP contribution in [0.3, 0.4) is 0 Å². The van der Waals surface area contributed by atoms with Gasteiger partial charge in [-0.2, -0.15) is 5.10 Å². The van der Waals surface area contributed by atoms with Crippen molar-refractivity contribution in [1.82, 2.24) is 9.78 Å². The number of hydrogen-bond donors (Lipinski definition) is 1. The fourth-order valence-corrected chi connectivity index (χ4v) is 3.16. The van der Waals surface area contributed by atoms with Crippen molar-refractivity contribution >= 4 is 17.7 Å². The largest absolute Gasteiger partial charge is 0.496 e. The summed E-state index contributed by atoms with van der Waals surface area (Å²) in [6.07, 6.45) is 3.11. The van der Waals surface area contributed by atoms with Crippen LogP contribution in [0.25, 0.3) is 11.8 Å². The van der Waals surface area contributed by atoms with Crippen LogP contribution in [0.2, 0.25) is 0 Å². The number of methoxy groups -OCH3 is 3. The molecule has 0 aliphatic heterocycles. The van der Waals surface area contributed by atoms with Crippen LogP contribution in [0.4, 0.5) is 5.69 Å². The number of hydrogen-bond acceptors (Lipinski definition) is 5. The first kappa shape index (κ1) is 21.0. The van der Waals surface area contributed by atoms with Gasteiger partial charge in [0.05, 0.1) is 38.4 Å². The molecule has 0 aliphatic rings. The molecule has 1 aromatic heterocycles. The summed E-state index contributed by atoms with van der Waals surface area (Å²) in [4.78, 5) is 12.6. The van der Waals surface area contributed by atoms with E-state index in [2.05, 4.69) is 10.4 Å². The lowest BCUT2D eigenvalue weighted by molar-refractivity contribution is -0.111. The standard InChI is InChI=1S/C23H25N3O4/c1-15-12-16(2)26(25-15)19-9-7-6-8-18(19)24-23(27)11-10-17-13-21(29-4)22(30-5)14-20(17)28-3/h6-14H,1-5H3,(H,24,27)/b11-10+. The molecule has 3 rings (SSSR count). The van der Waals surface area contributed by atoms with E-state index in [1.165, 1.54) is 6.08 Å². The maximum absolute atomic E-state index is 12.6. The van der Waals surface area contributed by atoms with E-state index in [1.807, 2.05) is 48.9 Å². The second kappa shape index (κ2) is 9.17. The normalized spacial score (nSPS) is 10.8. The fourth-order valence-electron chi connectivity index (χ4n) is 3.16. The number of aromatic nitrogens is 2. The van der Waals surface area contributed by atoms with Crippen LogP contribution in [0.15, 0.2) is 48.5 Å². The number of amides is 1. The number of ether oxygens (including phenoxy) is 3. The summed E-state index contributed by atoms with van der Waals surface area (Å²) >= 11 is 0. The molecule has 0 unspecified atom stereocenters. The molecule has 0 aliphatic carbocycles. The molecule has 1 N–H and O–H groups in total. The molecule has 1 amide bonds. The molecule has 0 spiro atoms. The Kier molecular flexibility index (Phi) is 6.41. The molecule has 0 saturated heterocycles. The van der Waals surface area contributed by atoms with Crippen molar-refractivity contribution < 1.29 is 19.0 Å². The second-order valence-electron chi connectivity index (χ2n) is 6.63. The summed E-state index contributed by atoms with van der Waals surface area (Å²) in [6.45, 7) is 3.91. The lowest BCUT2D eigenvalue weighted by Crippen LogP contribution is -2.11. The van der Waals surface area contributed by atoms with Gasteiger partial charge < -0.3 is 19.5 Å². The van der Waals surface area contributed by atoms with Crippen molar-refractivity contribution in [3.05, 3.63) is 65.5 Å². The van der Waals surface area contributed by atoms with Crippen LogP contribution < -0.4 is 19.5 Å². The number of nitrogens with zero attached hydrogens (tertiary/aromatic N) is 2. The van der Waals surface area contributed by atoms with E-state index in [4.69, 9.17) is 14.2 Å². The van der Waals surface area contributed by atoms with Gasteiger partial charge in [0.25, 0.3) is 0 Å². The van der Waals surface area contributed by atoms with Gasteiger partial charge in [-0.05, 0) is 44.2 Å². The van der Waals surface area contributed by atoms with E-state index in [0.29, 0.717) is 28.5 Å². The van der Waals surface area contributed by atoms with Crippen LogP contribution in [-0.2, 0) is 4.79 Å². The predicted molar refractivity (Wildman–Crippen MR) is 117 cm³/mol. The second-order valence-corrected chi connectivity index (χ2v) is 6.63. The van der Waals surface area contributed by atoms with Crippen LogP contribution in [0.1, 0.15) is 17.0 Å². The topological polar surface area (TPSA) is 74.6 Å². The van der Waals surface area contributed by atoms with Crippen molar-refractivity contribution in [3.8, 4) is 22.9 Å². The summed E-state index contributed by atoms with van der Waals surface area (Å²) in [7, 11) is 4.67. The number of para-hydroxylation sites is 2. The zero-order valence-electron chi connectivity index (χ0n) is 17.7. The van der Waals surface area contributed by atoms with Gasteiger partial charge in [-0.15, -0.1) is 0 Å². The van der Waals surface area contributed by atoms with Crippen molar-refractivity contribution in [2.75, 3.05) is 26.6 Å². The van der Waals surface area contributed by atoms with Gasteiger partial charge in [0, 0.05) is 23.4 Å². The van der Waals surface area contributed by atoms with Crippen LogP contribution in [0, 0.1) is 13.8 Å². The highest BCUT2D eigenvalue weighted by Crippen LogP contribution is 2.35. The third-order valence-electron chi connectivity index (χ3n) is 4.55. The van der Waals surface area contributed by atoms with Crippen molar-refractivity contribution in [3.63, 3.8) is 0 Å². The van der Waals surface area contributed by atoms with Crippen LogP contribution in [0.5, 0.6) is 17.2 Å². The quantitative estimate of drug-likeness (QED) is 0.595. The van der Waals surface area contributed by atoms with Crippen LogP contribution in [-0.4, -0.2) is 37.0 Å². The fraction of sp³-hybridized carbons (Fsp3) is 0.217. The first-order chi connectivity index (χ1) is 14.5. The van der Waals surface area contributed by atoms with E-state index >= 15 is 0 Å². The Bertz CT molecular complexity index is 1090. The Hall–Kier alpha value is -3.74. The molecule has 30 heavy (non-hydrogen) atoms. The molecule has 0 fully saturated rings. The molecule has 156 valence electrons. The smallest absolute Gasteiger partial charge is 0.248 e. The number of rotatable bonds is 7. The lowest BCUT2D eigenvalue weighted by Gasteiger charge is -2.12. The monoisotopic (exact) mass is 407 g/mol. The third-order valence-corrected chi connectivity index (χ3v) is 4.55. The van der Waals surface area contributed by atoms with Gasteiger partial charge >= 0.3 is 0 Å². The van der Waals surface area contributed by atoms with E-state index in [9.17, 15) is 4.79 Å². The highest BCUT2D eigenvalue weighted by Gasteiger charge is 2.12. The summed E-state index contributed by atoms with van der Waals surface area (Å²) in [5, 5.41) is 7.43. The van der Waals surface area contributed by atoms with E-state index in [0.717, 1.165) is 17.1 Å². The molecule has 7 nitrogen and oxygen atoms in total. The summed E-state index contributed by atoms with van der Waals surface area (Å²) in [6, 6.07) is 13.0. The van der Waals surface area contributed by atoms with Crippen molar-refractivity contribution in [2.24, 2.45) is 0 Å². The molecule has 0 radical (unpaired) electrons. The van der Waals surface area contributed by atoms with Crippen LogP contribution >= 0.6 is 0 Å². The minimum atomic E-state index is -0.277. The maximum Gasteiger partial charge on any atom is 0.248 e. The first-order valence-corrected chi connectivity index (χ1v) is 9.38. The molecule has 0 saturated carbocycles. The molecule has 1 heterocycles. The molecule has 2 aromatic carbocycles. The number of nitrogens with one attached hydrogen (secondary N) is 1. The van der Waals surface area contributed by atoms with Gasteiger partial charge in [-0.25, -0.2) is 4.68 Å². The Balaban J connectivity index is 1.85. The van der Waals surface area contributed by atoms with Gasteiger partial charge in [0.15, 0.2) is 11.5 Å². The zero-order valence-corrected chi connectivity index (χ0v) is 17.7. The molecule has 0 bridgehead atoms. The first-order valence-electron chi connectivity index (χ1n) is 9.38. The number of aryl methyl sites for hydroxylation is 2. The van der Waals surface area contributed by atoms with Gasteiger partial charge in [0.1, 0.15) is 5.75 Å². The predicted octanol–water partition coefficient (Wildman–Crippen LogP) is 4.17. The van der Waals surface area contributed by atoms with E-state index in [1.54, 1.807) is 39.5 Å². The number of benzene rings is 2. The Morgan fingerprint density at radius 1 is 0.967 bits per heavy atom. The molecule has 3 aromatic rings. The van der Waals surface area contributed by atoms with Gasteiger partial charge in [-0.1, -0.05) is 12.1 Å².